The Bertz CT molecular complexity index is 668. The molecule has 24 heavy (non-hydrogen) atoms. The minimum atomic E-state index is 0. The van der Waals surface area contributed by atoms with Gasteiger partial charge in [-0.15, -0.1) is 0 Å². The van der Waals surface area contributed by atoms with E-state index in [2.05, 4.69) is 21.4 Å². The lowest BCUT2D eigenvalue weighted by molar-refractivity contribution is -0.134. The lowest BCUT2D eigenvalue weighted by Gasteiger charge is -2.29. The highest BCUT2D eigenvalue weighted by molar-refractivity contribution is 5.78. The second-order valence-corrected chi connectivity index (χ2v) is 6.62. The van der Waals surface area contributed by atoms with Crippen LogP contribution in [0.1, 0.15) is 38.6 Å². The number of rotatable bonds is 4. The molecule has 0 aliphatic heterocycles. The molecule has 1 aliphatic rings. The molecule has 128 valence electrons. The van der Waals surface area contributed by atoms with Gasteiger partial charge in [0, 0.05) is 33.8 Å². The third-order valence-corrected chi connectivity index (χ3v) is 4.71. The van der Waals surface area contributed by atoms with Gasteiger partial charge in [-0.25, -0.2) is 4.98 Å². The molecule has 0 radical (unpaired) electrons. The zero-order valence-corrected chi connectivity index (χ0v) is 14.3. The molecule has 1 saturated carbocycles. The van der Waals surface area contributed by atoms with Crippen molar-refractivity contribution in [1.29, 1.82) is 0 Å². The van der Waals surface area contributed by atoms with Gasteiger partial charge >= 0.3 is 0 Å². The van der Waals surface area contributed by atoms with Crippen LogP contribution in [0, 0.1) is 5.92 Å². The Morgan fingerprint density at radius 1 is 1.17 bits per heavy atom. The zero-order valence-electron chi connectivity index (χ0n) is 14.3. The summed E-state index contributed by atoms with van der Waals surface area (Å²) in [6, 6.07) is 8.01. The Labute approximate surface area is 144 Å². The number of nitrogens with zero attached hydrogens (tertiary/aromatic N) is 3. The van der Waals surface area contributed by atoms with E-state index < -0.39 is 0 Å². The predicted octanol–water partition coefficient (Wildman–Crippen LogP) is 3.83. The summed E-state index contributed by atoms with van der Waals surface area (Å²) in [5.41, 5.74) is 2.20. The van der Waals surface area contributed by atoms with Gasteiger partial charge in [-0.3, -0.25) is 9.78 Å². The van der Waals surface area contributed by atoms with Crippen molar-refractivity contribution in [2.24, 2.45) is 5.92 Å². The number of aromatic nitrogens is 2. The Kier molecular flexibility index (Phi) is 5.08. The number of amides is 1. The van der Waals surface area contributed by atoms with E-state index >= 15 is 0 Å². The summed E-state index contributed by atoms with van der Waals surface area (Å²) < 4.78 is 0. The Morgan fingerprint density at radius 2 is 1.96 bits per heavy atom. The molecule has 1 fully saturated rings. The Morgan fingerprint density at radius 3 is 2.54 bits per heavy atom. The summed E-state index contributed by atoms with van der Waals surface area (Å²) in [4.78, 5) is 22.4. The molecule has 1 aliphatic carbocycles. The van der Waals surface area contributed by atoms with Crippen molar-refractivity contribution in [1.82, 2.24) is 14.9 Å². The van der Waals surface area contributed by atoms with Gasteiger partial charge in [0.2, 0.25) is 5.91 Å². The Balaban J connectivity index is 0.00000225. The first-order valence-electron chi connectivity index (χ1n) is 8.47. The number of carbonyl (C=O) groups is 1. The molecule has 2 heterocycles. The summed E-state index contributed by atoms with van der Waals surface area (Å²) in [6.07, 6.45) is 9.53. The summed E-state index contributed by atoms with van der Waals surface area (Å²) in [6.45, 7) is 0. The van der Waals surface area contributed by atoms with Crippen LogP contribution >= 0.6 is 0 Å². The summed E-state index contributed by atoms with van der Waals surface area (Å²) >= 11 is 0. The second kappa shape index (κ2) is 7.43. The molecule has 1 amide bonds. The third-order valence-electron chi connectivity index (χ3n) is 4.71. The average molecular weight is 326 g/mol. The maximum atomic E-state index is 12.1. The molecule has 2 aromatic heterocycles. The highest BCUT2D eigenvalue weighted by Gasteiger charge is 2.28. The van der Waals surface area contributed by atoms with Gasteiger partial charge in [0.05, 0.1) is 11.9 Å². The van der Waals surface area contributed by atoms with Crippen molar-refractivity contribution in [2.75, 3.05) is 19.4 Å². The van der Waals surface area contributed by atoms with E-state index in [0.29, 0.717) is 5.92 Å². The van der Waals surface area contributed by atoms with E-state index in [0.717, 1.165) is 37.2 Å². The quantitative estimate of drug-likeness (QED) is 0.928. The van der Waals surface area contributed by atoms with Crippen LogP contribution in [0.25, 0.3) is 0 Å². The topological polar surface area (TPSA) is 58.1 Å². The maximum absolute atomic E-state index is 12.1. The van der Waals surface area contributed by atoms with Gasteiger partial charge in [0.1, 0.15) is 5.82 Å². The zero-order chi connectivity index (χ0) is 16.9. The molecule has 5 heteroatoms. The molecule has 3 rings (SSSR count). The fourth-order valence-corrected chi connectivity index (χ4v) is 3.34. The van der Waals surface area contributed by atoms with E-state index in [1.165, 1.54) is 5.56 Å². The van der Waals surface area contributed by atoms with Crippen LogP contribution < -0.4 is 5.32 Å². The minimum Gasteiger partial charge on any atom is -0.349 e. The van der Waals surface area contributed by atoms with Crippen LogP contribution in [0.15, 0.2) is 42.9 Å². The number of pyridine rings is 2. The highest BCUT2D eigenvalue weighted by Crippen LogP contribution is 2.36. The van der Waals surface area contributed by atoms with E-state index in [-0.39, 0.29) is 13.3 Å². The molecule has 0 spiro atoms. The first kappa shape index (κ1) is 16.4. The van der Waals surface area contributed by atoms with Gasteiger partial charge in [-0.1, -0.05) is 6.07 Å². The molecule has 0 atom stereocenters. The van der Waals surface area contributed by atoms with Gasteiger partial charge in [-0.05, 0) is 55.4 Å². The number of carbonyl (C=O) groups excluding carboxylic acids is 1. The number of nitrogens with one attached hydrogen (secondary N) is 1. The summed E-state index contributed by atoms with van der Waals surface area (Å²) in [7, 11) is 3.68. The van der Waals surface area contributed by atoms with E-state index in [4.69, 9.17) is 0 Å². The molecular formula is C19H26N4O. The monoisotopic (exact) mass is 326 g/mol. The van der Waals surface area contributed by atoms with Crippen molar-refractivity contribution >= 4 is 17.4 Å². The van der Waals surface area contributed by atoms with Crippen molar-refractivity contribution in [3.8, 4) is 0 Å². The summed E-state index contributed by atoms with van der Waals surface area (Å²) in [5.74, 6) is 1.79. The van der Waals surface area contributed by atoms with E-state index in [9.17, 15) is 4.79 Å². The van der Waals surface area contributed by atoms with Crippen molar-refractivity contribution in [3.05, 3.63) is 48.4 Å². The molecule has 0 unspecified atom stereocenters. The maximum Gasteiger partial charge on any atom is 0.225 e. The van der Waals surface area contributed by atoms with Crippen LogP contribution in [-0.2, 0) is 4.79 Å². The molecular weight excluding hydrogens is 300 g/mol. The standard InChI is InChI=1S/C19H24N4O.H2/c1-23(2)19(24)15-7-5-14(6-8-15)16-9-10-18(21-12-16)22-17-4-3-11-20-13-17;/h3-4,9-15H,5-8H2,1-2H3,(H,21,22);1H. The predicted molar refractivity (Wildman–Crippen MR) is 97.3 cm³/mol. The van der Waals surface area contributed by atoms with Crippen LogP contribution in [0.5, 0.6) is 0 Å². The number of hydrogen-bond acceptors (Lipinski definition) is 4. The fraction of sp³-hybridized carbons (Fsp3) is 0.421. The molecule has 2 aromatic rings. The largest absolute Gasteiger partial charge is 0.349 e. The minimum absolute atomic E-state index is 0. The van der Waals surface area contributed by atoms with Crippen LogP contribution in [-0.4, -0.2) is 34.9 Å². The highest BCUT2D eigenvalue weighted by atomic mass is 16.2. The van der Waals surface area contributed by atoms with Gasteiger partial charge < -0.3 is 10.2 Å². The molecule has 0 aromatic carbocycles. The van der Waals surface area contributed by atoms with Crippen LogP contribution in [0.2, 0.25) is 0 Å². The normalized spacial score (nSPS) is 20.4. The SMILES string of the molecule is CN(C)C(=O)C1CCC(c2ccc(Nc3cccnc3)nc2)CC1.[HH]. The van der Waals surface area contributed by atoms with Crippen molar-refractivity contribution < 1.29 is 6.22 Å². The number of hydrogen-bond donors (Lipinski definition) is 1. The molecule has 0 bridgehead atoms. The van der Waals surface area contributed by atoms with Gasteiger partial charge in [-0.2, -0.15) is 0 Å². The summed E-state index contributed by atoms with van der Waals surface area (Å²) in [5, 5.41) is 3.24. The van der Waals surface area contributed by atoms with Gasteiger partial charge in [0.15, 0.2) is 0 Å². The molecule has 5 nitrogen and oxygen atoms in total. The van der Waals surface area contributed by atoms with Crippen molar-refractivity contribution in [2.45, 2.75) is 31.6 Å². The lowest BCUT2D eigenvalue weighted by atomic mass is 9.78. The second-order valence-electron chi connectivity index (χ2n) is 6.62. The van der Waals surface area contributed by atoms with Crippen LogP contribution in [0.4, 0.5) is 11.5 Å². The van der Waals surface area contributed by atoms with Crippen LogP contribution in [0.3, 0.4) is 0 Å². The van der Waals surface area contributed by atoms with Gasteiger partial charge in [0.25, 0.3) is 0 Å². The first-order chi connectivity index (χ1) is 11.6. The number of anilines is 2. The van der Waals surface area contributed by atoms with E-state index in [1.807, 2.05) is 38.5 Å². The average Bonchev–Trinajstić information content (AvgIpc) is 2.63. The first-order valence-corrected chi connectivity index (χ1v) is 8.47. The lowest BCUT2D eigenvalue weighted by Crippen LogP contribution is -2.31. The Hall–Kier alpha value is -2.43. The molecule has 0 saturated heterocycles. The fourth-order valence-electron chi connectivity index (χ4n) is 3.34. The molecule has 1 N–H and O–H groups in total. The van der Waals surface area contributed by atoms with E-state index in [1.54, 1.807) is 17.3 Å². The van der Waals surface area contributed by atoms with Crippen molar-refractivity contribution in [3.63, 3.8) is 0 Å². The smallest absolute Gasteiger partial charge is 0.225 e. The third kappa shape index (κ3) is 3.91.